The van der Waals surface area contributed by atoms with E-state index in [1.165, 1.54) is 0 Å². The minimum absolute atomic E-state index is 0.266. The number of rotatable bonds is 6. The first-order valence-electron chi connectivity index (χ1n) is 7.11. The van der Waals surface area contributed by atoms with Crippen LogP contribution in [-0.4, -0.2) is 24.2 Å². The second-order valence-corrected chi connectivity index (χ2v) is 5.26. The molecule has 0 saturated heterocycles. The molecule has 1 heterocycles. The van der Waals surface area contributed by atoms with E-state index in [0.29, 0.717) is 18.2 Å². The summed E-state index contributed by atoms with van der Waals surface area (Å²) in [5.41, 5.74) is 8.59. The Hall–Kier alpha value is -1.81. The number of nitrogens with one attached hydrogen (secondary N) is 1. The molecule has 0 fully saturated rings. The van der Waals surface area contributed by atoms with Gasteiger partial charge in [0.05, 0.1) is 23.9 Å². The summed E-state index contributed by atoms with van der Waals surface area (Å²) in [6.07, 6.45) is 1.77. The third kappa shape index (κ3) is 3.20. The summed E-state index contributed by atoms with van der Waals surface area (Å²) < 4.78 is 5.56. The van der Waals surface area contributed by atoms with Crippen LogP contribution < -0.4 is 11.1 Å². The monoisotopic (exact) mass is 273 g/mol. The van der Waals surface area contributed by atoms with Crippen molar-refractivity contribution in [1.82, 2.24) is 4.98 Å². The molecule has 3 N–H and O–H groups in total. The van der Waals surface area contributed by atoms with E-state index in [9.17, 15) is 0 Å². The first kappa shape index (κ1) is 14.6. The van der Waals surface area contributed by atoms with Crippen LogP contribution in [0.2, 0.25) is 0 Å². The van der Waals surface area contributed by atoms with Gasteiger partial charge in [-0.1, -0.05) is 13.8 Å². The van der Waals surface area contributed by atoms with Crippen molar-refractivity contribution in [2.45, 2.75) is 26.8 Å². The highest BCUT2D eigenvalue weighted by Crippen LogP contribution is 2.27. The van der Waals surface area contributed by atoms with Gasteiger partial charge in [-0.15, -0.1) is 0 Å². The normalized spacial score (nSPS) is 12.8. The number of nitrogen functional groups attached to an aromatic ring is 1. The summed E-state index contributed by atoms with van der Waals surface area (Å²) >= 11 is 0. The van der Waals surface area contributed by atoms with Crippen LogP contribution in [0, 0.1) is 5.92 Å². The smallest absolute Gasteiger partial charge is 0.0951 e. The number of fused-ring (bicyclic) bond motifs is 1. The molecule has 0 aliphatic rings. The van der Waals surface area contributed by atoms with Crippen molar-refractivity contribution >= 4 is 22.3 Å². The molecule has 0 aliphatic heterocycles. The van der Waals surface area contributed by atoms with Crippen molar-refractivity contribution in [1.29, 1.82) is 0 Å². The predicted molar refractivity (Wildman–Crippen MR) is 84.9 cm³/mol. The molecule has 2 rings (SSSR count). The van der Waals surface area contributed by atoms with Crippen LogP contribution in [-0.2, 0) is 4.74 Å². The highest BCUT2D eigenvalue weighted by molar-refractivity contribution is 5.98. The van der Waals surface area contributed by atoms with Gasteiger partial charge < -0.3 is 15.8 Å². The first-order valence-corrected chi connectivity index (χ1v) is 7.11. The molecule has 0 spiro atoms. The van der Waals surface area contributed by atoms with E-state index in [0.717, 1.165) is 23.2 Å². The van der Waals surface area contributed by atoms with Gasteiger partial charge in [0.15, 0.2) is 0 Å². The molecular formula is C16H23N3O. The van der Waals surface area contributed by atoms with Crippen molar-refractivity contribution in [2.24, 2.45) is 5.92 Å². The van der Waals surface area contributed by atoms with Crippen LogP contribution >= 0.6 is 0 Å². The number of nitrogens with zero attached hydrogens (tertiary/aromatic N) is 1. The van der Waals surface area contributed by atoms with Crippen LogP contribution in [0.25, 0.3) is 10.9 Å². The molecule has 4 heteroatoms. The Morgan fingerprint density at radius 2 is 2.10 bits per heavy atom. The number of anilines is 2. The third-order valence-corrected chi connectivity index (χ3v) is 3.45. The Morgan fingerprint density at radius 3 is 2.80 bits per heavy atom. The zero-order valence-corrected chi connectivity index (χ0v) is 12.4. The van der Waals surface area contributed by atoms with Crippen LogP contribution in [0.15, 0.2) is 30.5 Å². The van der Waals surface area contributed by atoms with Gasteiger partial charge in [-0.3, -0.25) is 4.98 Å². The molecule has 4 nitrogen and oxygen atoms in total. The molecule has 20 heavy (non-hydrogen) atoms. The van der Waals surface area contributed by atoms with Crippen LogP contribution in [0.3, 0.4) is 0 Å². The van der Waals surface area contributed by atoms with Gasteiger partial charge in [0.25, 0.3) is 0 Å². The topological polar surface area (TPSA) is 60.2 Å². The van der Waals surface area contributed by atoms with Gasteiger partial charge in [-0.2, -0.15) is 0 Å². The highest BCUT2D eigenvalue weighted by Gasteiger charge is 2.15. The van der Waals surface area contributed by atoms with Crippen LogP contribution in [0.1, 0.15) is 20.8 Å². The zero-order valence-electron chi connectivity index (χ0n) is 12.4. The fourth-order valence-electron chi connectivity index (χ4n) is 2.17. The number of benzene rings is 1. The average Bonchev–Trinajstić information content (AvgIpc) is 2.45. The molecule has 0 radical (unpaired) electrons. The maximum absolute atomic E-state index is 5.98. The molecule has 0 aliphatic carbocycles. The maximum atomic E-state index is 5.98. The molecular weight excluding hydrogens is 250 g/mol. The number of hydrogen-bond acceptors (Lipinski definition) is 4. The van der Waals surface area contributed by atoms with E-state index in [4.69, 9.17) is 10.5 Å². The number of aromatic nitrogens is 1. The summed E-state index contributed by atoms with van der Waals surface area (Å²) in [5.74, 6) is 0.478. The zero-order chi connectivity index (χ0) is 14.5. The Labute approximate surface area is 120 Å². The van der Waals surface area contributed by atoms with E-state index in [-0.39, 0.29) is 6.04 Å². The fraction of sp³-hybridized carbons (Fsp3) is 0.438. The quantitative estimate of drug-likeness (QED) is 0.793. The Bertz CT molecular complexity index is 569. The largest absolute Gasteiger partial charge is 0.397 e. The standard InChI is InChI=1S/C16H23N3O/c1-4-20-10-15(11(2)3)19-14-8-7-13(17)16-12(14)6-5-9-18-16/h5-9,11,15,19H,4,10,17H2,1-3H3. The fourth-order valence-corrected chi connectivity index (χ4v) is 2.17. The molecule has 2 aromatic rings. The first-order chi connectivity index (χ1) is 9.63. The minimum atomic E-state index is 0.266. The van der Waals surface area contributed by atoms with Crippen molar-refractivity contribution in [3.8, 4) is 0 Å². The van der Waals surface area contributed by atoms with Crippen molar-refractivity contribution in [3.63, 3.8) is 0 Å². The van der Waals surface area contributed by atoms with E-state index >= 15 is 0 Å². The third-order valence-electron chi connectivity index (χ3n) is 3.45. The van der Waals surface area contributed by atoms with Gasteiger partial charge >= 0.3 is 0 Å². The molecule has 0 amide bonds. The summed E-state index contributed by atoms with van der Waals surface area (Å²) in [7, 11) is 0. The predicted octanol–water partition coefficient (Wildman–Crippen LogP) is 3.29. The number of ether oxygens (including phenoxy) is 1. The van der Waals surface area contributed by atoms with Gasteiger partial charge in [0.2, 0.25) is 0 Å². The lowest BCUT2D eigenvalue weighted by molar-refractivity contribution is 0.127. The van der Waals surface area contributed by atoms with Crippen molar-refractivity contribution in [3.05, 3.63) is 30.5 Å². The van der Waals surface area contributed by atoms with E-state index < -0.39 is 0 Å². The summed E-state index contributed by atoms with van der Waals surface area (Å²) in [6, 6.07) is 8.15. The van der Waals surface area contributed by atoms with Crippen LogP contribution in [0.4, 0.5) is 11.4 Å². The number of pyridine rings is 1. The SMILES string of the molecule is CCOCC(Nc1ccc(N)c2ncccc12)C(C)C. The summed E-state index contributed by atoms with van der Waals surface area (Å²) in [4.78, 5) is 4.36. The maximum Gasteiger partial charge on any atom is 0.0951 e. The average molecular weight is 273 g/mol. The molecule has 1 aromatic heterocycles. The van der Waals surface area contributed by atoms with Gasteiger partial charge in [0, 0.05) is 23.9 Å². The Kier molecular flexibility index (Phi) is 4.79. The lowest BCUT2D eigenvalue weighted by Crippen LogP contribution is -2.31. The summed E-state index contributed by atoms with van der Waals surface area (Å²) in [6.45, 7) is 7.82. The van der Waals surface area contributed by atoms with Crippen molar-refractivity contribution in [2.75, 3.05) is 24.3 Å². The molecule has 108 valence electrons. The van der Waals surface area contributed by atoms with E-state index in [1.54, 1.807) is 6.20 Å². The molecule has 1 unspecified atom stereocenters. The lowest BCUT2D eigenvalue weighted by Gasteiger charge is -2.24. The number of hydrogen-bond donors (Lipinski definition) is 2. The molecule has 0 saturated carbocycles. The molecule has 1 atom stereocenters. The molecule has 1 aromatic carbocycles. The molecule has 0 bridgehead atoms. The highest BCUT2D eigenvalue weighted by atomic mass is 16.5. The van der Waals surface area contributed by atoms with Gasteiger partial charge in [-0.05, 0) is 37.1 Å². The van der Waals surface area contributed by atoms with Crippen molar-refractivity contribution < 1.29 is 4.74 Å². The van der Waals surface area contributed by atoms with Gasteiger partial charge in [-0.25, -0.2) is 0 Å². The minimum Gasteiger partial charge on any atom is -0.397 e. The second-order valence-electron chi connectivity index (χ2n) is 5.26. The second kappa shape index (κ2) is 6.57. The van der Waals surface area contributed by atoms with E-state index in [2.05, 4.69) is 24.1 Å². The summed E-state index contributed by atoms with van der Waals surface area (Å²) in [5, 5.41) is 4.61. The van der Waals surface area contributed by atoms with Crippen LogP contribution in [0.5, 0.6) is 0 Å². The Morgan fingerprint density at radius 1 is 1.30 bits per heavy atom. The van der Waals surface area contributed by atoms with E-state index in [1.807, 2.05) is 31.2 Å². The Balaban J connectivity index is 2.30. The lowest BCUT2D eigenvalue weighted by atomic mass is 10.0. The van der Waals surface area contributed by atoms with Gasteiger partial charge in [0.1, 0.15) is 0 Å². The number of nitrogens with two attached hydrogens (primary N) is 1.